The van der Waals surface area contributed by atoms with Gasteiger partial charge in [-0.25, -0.2) is 13.9 Å². The molecule has 6 nitrogen and oxygen atoms in total. The maximum absolute atomic E-state index is 13.9. The molecule has 3 aromatic rings. The number of pyridine rings is 1. The molecule has 1 aromatic heterocycles. The van der Waals surface area contributed by atoms with E-state index >= 15 is 0 Å². The third-order valence-electron chi connectivity index (χ3n) is 3.81. The lowest BCUT2D eigenvalue weighted by Crippen LogP contribution is -2.14. The summed E-state index contributed by atoms with van der Waals surface area (Å²) in [6.07, 6.45) is 1.51. The van der Waals surface area contributed by atoms with Gasteiger partial charge in [0.25, 0.3) is 0 Å². The van der Waals surface area contributed by atoms with Crippen LogP contribution in [0.2, 0.25) is 0 Å². The lowest BCUT2D eigenvalue weighted by atomic mass is 10.1. The fourth-order valence-electron chi connectivity index (χ4n) is 2.44. The average Bonchev–Trinajstić information content (AvgIpc) is 2.59. The molecule has 0 aliphatic rings. The molecule has 0 amide bonds. The van der Waals surface area contributed by atoms with Gasteiger partial charge in [-0.3, -0.25) is 13.9 Å². The van der Waals surface area contributed by atoms with Gasteiger partial charge in [-0.05, 0) is 36.4 Å². The molecule has 0 fully saturated rings. The van der Waals surface area contributed by atoms with Gasteiger partial charge in [-0.15, -0.1) is 10.8 Å². The second-order valence-electron chi connectivity index (χ2n) is 5.79. The number of nitrogens with zero attached hydrogens (tertiary/aromatic N) is 1. The number of nitrogens with two attached hydrogens (primary N) is 1. The van der Waals surface area contributed by atoms with Crippen molar-refractivity contribution in [2.45, 2.75) is 4.90 Å². The van der Waals surface area contributed by atoms with Gasteiger partial charge in [-0.2, -0.15) is 0 Å². The number of benzene rings is 2. The van der Waals surface area contributed by atoms with E-state index in [0.29, 0.717) is 17.2 Å². The first kappa shape index (κ1) is 19.1. The van der Waals surface area contributed by atoms with Gasteiger partial charge in [0.1, 0.15) is 11.6 Å². The van der Waals surface area contributed by atoms with Gasteiger partial charge in [0.15, 0.2) is 11.6 Å². The molecule has 142 valence electrons. The Morgan fingerprint density at radius 3 is 2.37 bits per heavy atom. The molecule has 27 heavy (non-hydrogen) atoms. The van der Waals surface area contributed by atoms with E-state index in [1.807, 2.05) is 0 Å². The summed E-state index contributed by atoms with van der Waals surface area (Å²) in [5, 5.41) is 5.40. The lowest BCUT2D eigenvalue weighted by Gasteiger charge is -2.27. The molecule has 0 radical (unpaired) electrons. The molecule has 0 atom stereocenters. The summed E-state index contributed by atoms with van der Waals surface area (Å²) in [5.74, 6) is -1.69. The lowest BCUT2D eigenvalue weighted by molar-refractivity contribution is 0.438. The molecular formula is C18H16F2N2O4S. The minimum atomic E-state index is -3.50. The number of hydrogen-bond donors (Lipinski definition) is 3. The van der Waals surface area contributed by atoms with Gasteiger partial charge in [0.2, 0.25) is 5.56 Å². The molecule has 9 heteroatoms. The zero-order valence-electron chi connectivity index (χ0n) is 14.1. The Kier molecular flexibility index (Phi) is 5.03. The maximum atomic E-state index is 13.9. The van der Waals surface area contributed by atoms with Crippen molar-refractivity contribution in [3.63, 3.8) is 0 Å². The quantitative estimate of drug-likeness (QED) is 0.619. The summed E-state index contributed by atoms with van der Waals surface area (Å²) in [6.45, 7) is 0. The summed E-state index contributed by atoms with van der Waals surface area (Å²) in [5.41, 5.74) is 0.599. The van der Waals surface area contributed by atoms with Crippen molar-refractivity contribution in [3.05, 3.63) is 76.7 Å². The number of aromatic nitrogens is 1. The SMILES string of the molecule is Cn1cc(-c2cc(S(N)(O)O)ccc2Oc2ccc(F)cc2F)ccc1=O. The van der Waals surface area contributed by atoms with Crippen LogP contribution in [0.25, 0.3) is 11.1 Å². The Morgan fingerprint density at radius 2 is 1.74 bits per heavy atom. The first-order valence-corrected chi connectivity index (χ1v) is 9.26. The normalized spacial score (nSPS) is 12.1. The van der Waals surface area contributed by atoms with Gasteiger partial charge < -0.3 is 9.30 Å². The van der Waals surface area contributed by atoms with Crippen molar-refractivity contribution in [2.24, 2.45) is 12.2 Å². The number of rotatable bonds is 4. The average molecular weight is 394 g/mol. The largest absolute Gasteiger partial charge is 0.454 e. The first-order chi connectivity index (χ1) is 12.6. The Morgan fingerprint density at radius 1 is 1.04 bits per heavy atom. The zero-order chi connectivity index (χ0) is 19.8. The predicted octanol–water partition coefficient (Wildman–Crippen LogP) is 4.11. The van der Waals surface area contributed by atoms with E-state index in [2.05, 4.69) is 0 Å². The summed E-state index contributed by atoms with van der Waals surface area (Å²) >= 11 is 0. The van der Waals surface area contributed by atoms with Crippen LogP contribution in [0.4, 0.5) is 8.78 Å². The topological polar surface area (TPSA) is 97.7 Å². The van der Waals surface area contributed by atoms with Crippen molar-refractivity contribution in [2.75, 3.05) is 0 Å². The van der Waals surface area contributed by atoms with E-state index in [0.717, 1.165) is 12.1 Å². The molecule has 0 spiro atoms. The van der Waals surface area contributed by atoms with Crippen LogP contribution >= 0.6 is 10.8 Å². The van der Waals surface area contributed by atoms with E-state index < -0.39 is 22.4 Å². The highest BCUT2D eigenvalue weighted by molar-refractivity contribution is 8.22. The fraction of sp³-hybridized carbons (Fsp3) is 0.0556. The van der Waals surface area contributed by atoms with Gasteiger partial charge >= 0.3 is 0 Å². The summed E-state index contributed by atoms with van der Waals surface area (Å²) in [7, 11) is -1.95. The van der Waals surface area contributed by atoms with E-state index in [9.17, 15) is 22.7 Å². The fourth-order valence-corrected chi connectivity index (χ4v) is 3.00. The van der Waals surface area contributed by atoms with Gasteiger partial charge in [0, 0.05) is 36.5 Å². The monoisotopic (exact) mass is 394 g/mol. The van der Waals surface area contributed by atoms with Crippen molar-refractivity contribution in [3.8, 4) is 22.6 Å². The van der Waals surface area contributed by atoms with Crippen LogP contribution in [0.1, 0.15) is 0 Å². The Labute approximate surface area is 154 Å². The molecule has 0 aliphatic heterocycles. The molecule has 0 aliphatic carbocycles. The predicted molar refractivity (Wildman–Crippen MR) is 98.9 cm³/mol. The minimum absolute atomic E-state index is 0.0401. The third-order valence-corrected chi connectivity index (χ3v) is 4.76. The molecule has 4 N–H and O–H groups in total. The Bertz CT molecular complexity index is 1060. The molecule has 0 saturated heterocycles. The van der Waals surface area contributed by atoms with Gasteiger partial charge in [0.05, 0.1) is 4.90 Å². The smallest absolute Gasteiger partial charge is 0.250 e. The summed E-state index contributed by atoms with van der Waals surface area (Å²) in [6, 6.07) is 9.81. The van der Waals surface area contributed by atoms with Crippen LogP contribution < -0.4 is 15.4 Å². The van der Waals surface area contributed by atoms with Crippen molar-refractivity contribution in [1.29, 1.82) is 0 Å². The maximum Gasteiger partial charge on any atom is 0.250 e. The number of hydrogen-bond acceptors (Lipinski definition) is 5. The highest BCUT2D eigenvalue weighted by atomic mass is 32.3. The second-order valence-corrected chi connectivity index (χ2v) is 7.45. The second kappa shape index (κ2) is 7.12. The highest BCUT2D eigenvalue weighted by Crippen LogP contribution is 2.44. The van der Waals surface area contributed by atoms with Crippen LogP contribution in [0.15, 0.2) is 64.4 Å². The molecule has 2 aromatic carbocycles. The molecule has 3 rings (SSSR count). The summed E-state index contributed by atoms with van der Waals surface area (Å²) < 4.78 is 53.4. The van der Waals surface area contributed by atoms with Crippen molar-refractivity contribution < 1.29 is 22.6 Å². The van der Waals surface area contributed by atoms with Crippen molar-refractivity contribution in [1.82, 2.24) is 4.57 Å². The van der Waals surface area contributed by atoms with E-state index in [1.165, 1.54) is 41.1 Å². The Balaban J connectivity index is 2.15. The standard InChI is InChI=1S/C18H16F2N2O4S/c1-22-10-11(2-7-18(22)23)14-9-13(27(21,24)25)4-6-16(14)26-17-5-3-12(19)8-15(17)20/h2-10,24-25H,21H2,1H3. The third kappa shape index (κ3) is 4.17. The van der Waals surface area contributed by atoms with Crippen molar-refractivity contribution >= 4 is 10.8 Å². The van der Waals surface area contributed by atoms with Crippen LogP contribution in [0, 0.1) is 11.6 Å². The minimum Gasteiger partial charge on any atom is -0.454 e. The van der Waals surface area contributed by atoms with Crippen LogP contribution in [-0.2, 0) is 7.05 Å². The van der Waals surface area contributed by atoms with Gasteiger partial charge in [-0.1, -0.05) is 0 Å². The van der Waals surface area contributed by atoms with Crippen LogP contribution in [-0.4, -0.2) is 13.7 Å². The van der Waals surface area contributed by atoms with E-state index in [4.69, 9.17) is 9.88 Å². The molecular weight excluding hydrogens is 378 g/mol. The zero-order valence-corrected chi connectivity index (χ0v) is 14.9. The first-order valence-electron chi connectivity index (χ1n) is 7.65. The molecule has 1 heterocycles. The molecule has 0 saturated carbocycles. The molecule has 0 unspecified atom stereocenters. The van der Waals surface area contributed by atoms with E-state index in [-0.39, 0.29) is 22.0 Å². The number of ether oxygens (including phenoxy) is 1. The number of halogens is 2. The Hall–Kier alpha value is -2.72. The summed E-state index contributed by atoms with van der Waals surface area (Å²) in [4.78, 5) is 11.7. The molecule has 0 bridgehead atoms. The van der Waals surface area contributed by atoms with Crippen LogP contribution in [0.5, 0.6) is 11.5 Å². The van der Waals surface area contributed by atoms with E-state index in [1.54, 1.807) is 7.05 Å². The number of aryl methyl sites for hydroxylation is 1. The van der Waals surface area contributed by atoms with Crippen LogP contribution in [0.3, 0.4) is 0 Å². The highest BCUT2D eigenvalue weighted by Gasteiger charge is 2.17.